The zero-order valence-electron chi connectivity index (χ0n) is 11.3. The third kappa shape index (κ3) is 3.09. The first kappa shape index (κ1) is 13.3. The van der Waals surface area contributed by atoms with Crippen LogP contribution in [0.3, 0.4) is 0 Å². The standard InChI is InChI=1S/C16H14N4S/c1-11(12-7-3-2-4-8-12)18-15(17)20-16-19-13-9-5-6-10-14(13)21-16/h2-10H,1H2,(H3,17,18,19,20). The van der Waals surface area contributed by atoms with Crippen LogP contribution >= 0.6 is 11.3 Å². The molecule has 0 amide bonds. The van der Waals surface area contributed by atoms with Crippen LogP contribution in [-0.2, 0) is 0 Å². The minimum atomic E-state index is 0.280. The summed E-state index contributed by atoms with van der Waals surface area (Å²) in [5, 5.41) is 3.62. The van der Waals surface area contributed by atoms with Gasteiger partial charge in [0.25, 0.3) is 0 Å². The van der Waals surface area contributed by atoms with Gasteiger partial charge in [0.2, 0.25) is 11.1 Å². The van der Waals surface area contributed by atoms with E-state index in [1.165, 1.54) is 11.3 Å². The number of nitrogens with two attached hydrogens (primary N) is 1. The van der Waals surface area contributed by atoms with Gasteiger partial charge in [-0.2, -0.15) is 4.99 Å². The SMILES string of the molecule is C=C(NC(N)=Nc1nc2ccccc2s1)c1ccccc1. The van der Waals surface area contributed by atoms with Gasteiger partial charge in [0.15, 0.2) is 0 Å². The van der Waals surface area contributed by atoms with Gasteiger partial charge in [-0.1, -0.05) is 60.4 Å². The number of hydrogen-bond donors (Lipinski definition) is 2. The van der Waals surface area contributed by atoms with E-state index in [1.54, 1.807) is 0 Å². The average molecular weight is 294 g/mol. The largest absolute Gasteiger partial charge is 0.369 e. The number of guanidine groups is 1. The number of rotatable bonds is 3. The van der Waals surface area contributed by atoms with Crippen molar-refractivity contribution in [3.05, 3.63) is 66.7 Å². The first-order chi connectivity index (χ1) is 10.2. The van der Waals surface area contributed by atoms with E-state index in [0.717, 1.165) is 15.8 Å². The summed E-state index contributed by atoms with van der Waals surface area (Å²) in [4.78, 5) is 8.71. The van der Waals surface area contributed by atoms with Crippen molar-refractivity contribution < 1.29 is 0 Å². The highest BCUT2D eigenvalue weighted by Crippen LogP contribution is 2.27. The van der Waals surface area contributed by atoms with E-state index in [4.69, 9.17) is 5.73 Å². The lowest BCUT2D eigenvalue weighted by molar-refractivity contribution is 1.23. The number of fused-ring (bicyclic) bond motifs is 1. The molecule has 0 saturated heterocycles. The van der Waals surface area contributed by atoms with Crippen LogP contribution in [0.15, 0.2) is 66.2 Å². The molecule has 3 N–H and O–H groups in total. The molecule has 0 unspecified atom stereocenters. The second-order valence-corrected chi connectivity index (χ2v) is 5.44. The van der Waals surface area contributed by atoms with Crippen molar-refractivity contribution in [1.29, 1.82) is 0 Å². The minimum absolute atomic E-state index is 0.280. The quantitative estimate of drug-likeness (QED) is 0.574. The summed E-state index contributed by atoms with van der Waals surface area (Å²) < 4.78 is 1.09. The molecule has 1 heterocycles. The van der Waals surface area contributed by atoms with Crippen LogP contribution in [0.25, 0.3) is 15.9 Å². The number of aliphatic imine (C=N–C) groups is 1. The van der Waals surface area contributed by atoms with Crippen molar-refractivity contribution >= 4 is 38.3 Å². The third-order valence-electron chi connectivity index (χ3n) is 2.90. The number of hydrogen-bond acceptors (Lipinski definition) is 3. The Bertz CT molecular complexity index is 772. The van der Waals surface area contributed by atoms with Gasteiger partial charge in [-0.15, -0.1) is 0 Å². The van der Waals surface area contributed by atoms with E-state index >= 15 is 0 Å². The van der Waals surface area contributed by atoms with Crippen LogP contribution in [0.4, 0.5) is 5.13 Å². The van der Waals surface area contributed by atoms with Crippen LogP contribution < -0.4 is 11.1 Å². The van der Waals surface area contributed by atoms with Gasteiger partial charge >= 0.3 is 0 Å². The third-order valence-corrected chi connectivity index (χ3v) is 3.83. The van der Waals surface area contributed by atoms with Crippen LogP contribution in [0.2, 0.25) is 0 Å². The summed E-state index contributed by atoms with van der Waals surface area (Å²) in [5.74, 6) is 0.280. The fourth-order valence-electron chi connectivity index (χ4n) is 1.90. The smallest absolute Gasteiger partial charge is 0.213 e. The first-order valence-corrected chi connectivity index (χ1v) is 7.25. The van der Waals surface area contributed by atoms with Crippen molar-refractivity contribution in [2.45, 2.75) is 0 Å². The Morgan fingerprint density at radius 1 is 1.10 bits per heavy atom. The topological polar surface area (TPSA) is 63.3 Å². The maximum Gasteiger partial charge on any atom is 0.213 e. The summed E-state index contributed by atoms with van der Waals surface area (Å²) in [6.45, 7) is 3.96. The fraction of sp³-hybridized carbons (Fsp3) is 0. The molecule has 0 radical (unpaired) electrons. The molecule has 3 aromatic rings. The van der Waals surface area contributed by atoms with Gasteiger partial charge in [0.05, 0.1) is 10.2 Å². The highest BCUT2D eigenvalue weighted by Gasteiger charge is 2.04. The summed E-state index contributed by atoms with van der Waals surface area (Å²) in [6, 6.07) is 17.7. The number of thiazole rings is 1. The molecular weight excluding hydrogens is 280 g/mol. The van der Waals surface area contributed by atoms with E-state index in [-0.39, 0.29) is 5.96 Å². The van der Waals surface area contributed by atoms with Crippen molar-refractivity contribution in [3.8, 4) is 0 Å². The lowest BCUT2D eigenvalue weighted by Crippen LogP contribution is -2.29. The molecule has 104 valence electrons. The molecule has 0 aliphatic carbocycles. The predicted molar refractivity (Wildman–Crippen MR) is 89.5 cm³/mol. The molecule has 0 bridgehead atoms. The van der Waals surface area contributed by atoms with Crippen LogP contribution in [0.5, 0.6) is 0 Å². The van der Waals surface area contributed by atoms with Gasteiger partial charge in [-0.05, 0) is 17.7 Å². The molecule has 0 saturated carbocycles. The summed E-state index contributed by atoms with van der Waals surface area (Å²) in [6.07, 6.45) is 0. The molecule has 3 rings (SSSR count). The maximum absolute atomic E-state index is 5.91. The van der Waals surface area contributed by atoms with Crippen molar-refractivity contribution in [2.75, 3.05) is 0 Å². The van der Waals surface area contributed by atoms with E-state index in [1.807, 2.05) is 54.6 Å². The fourth-order valence-corrected chi connectivity index (χ4v) is 2.75. The molecule has 1 aromatic heterocycles. The zero-order valence-corrected chi connectivity index (χ0v) is 12.1. The molecule has 0 fully saturated rings. The summed E-state index contributed by atoms with van der Waals surface area (Å²) >= 11 is 1.50. The monoisotopic (exact) mass is 294 g/mol. The Hall–Kier alpha value is -2.66. The molecule has 21 heavy (non-hydrogen) atoms. The minimum Gasteiger partial charge on any atom is -0.369 e. The van der Waals surface area contributed by atoms with Crippen LogP contribution in [0, 0.1) is 0 Å². The van der Waals surface area contributed by atoms with Gasteiger partial charge in [0.1, 0.15) is 0 Å². The van der Waals surface area contributed by atoms with Crippen LogP contribution in [0.1, 0.15) is 5.56 Å². The predicted octanol–water partition coefficient (Wildman–Crippen LogP) is 3.50. The normalized spacial score (nSPS) is 11.5. The molecule has 0 aliphatic heterocycles. The van der Waals surface area contributed by atoms with E-state index in [2.05, 4.69) is 21.9 Å². The number of nitrogens with zero attached hydrogens (tertiary/aromatic N) is 2. The Morgan fingerprint density at radius 3 is 2.57 bits per heavy atom. The Kier molecular flexibility index (Phi) is 3.66. The maximum atomic E-state index is 5.91. The van der Waals surface area contributed by atoms with Gasteiger partial charge in [-0.25, -0.2) is 4.98 Å². The van der Waals surface area contributed by atoms with Crippen molar-refractivity contribution in [2.24, 2.45) is 10.7 Å². The number of benzene rings is 2. The van der Waals surface area contributed by atoms with E-state index < -0.39 is 0 Å². The Balaban J connectivity index is 1.78. The highest BCUT2D eigenvalue weighted by atomic mass is 32.1. The molecule has 0 aliphatic rings. The van der Waals surface area contributed by atoms with Gasteiger partial charge in [-0.3, -0.25) is 0 Å². The second-order valence-electron chi connectivity index (χ2n) is 4.43. The Labute approximate surface area is 126 Å². The molecule has 2 aromatic carbocycles. The second kappa shape index (κ2) is 5.76. The van der Waals surface area contributed by atoms with E-state index in [9.17, 15) is 0 Å². The molecule has 4 nitrogen and oxygen atoms in total. The molecular formula is C16H14N4S. The number of aromatic nitrogens is 1. The van der Waals surface area contributed by atoms with Crippen LogP contribution in [-0.4, -0.2) is 10.9 Å². The van der Waals surface area contributed by atoms with Crippen molar-refractivity contribution in [3.63, 3.8) is 0 Å². The van der Waals surface area contributed by atoms with E-state index in [0.29, 0.717) is 10.8 Å². The first-order valence-electron chi connectivity index (χ1n) is 6.43. The number of nitrogens with one attached hydrogen (secondary N) is 1. The van der Waals surface area contributed by atoms with Gasteiger partial charge < -0.3 is 11.1 Å². The summed E-state index contributed by atoms with van der Waals surface area (Å²) in [5.41, 5.74) is 8.52. The zero-order chi connectivity index (χ0) is 14.7. The number of para-hydroxylation sites is 1. The molecule has 5 heteroatoms. The highest BCUT2D eigenvalue weighted by molar-refractivity contribution is 7.22. The van der Waals surface area contributed by atoms with Gasteiger partial charge in [0, 0.05) is 5.70 Å². The molecule has 0 spiro atoms. The Morgan fingerprint density at radius 2 is 1.81 bits per heavy atom. The summed E-state index contributed by atoms with van der Waals surface area (Å²) in [7, 11) is 0. The lowest BCUT2D eigenvalue weighted by atomic mass is 10.2. The lowest BCUT2D eigenvalue weighted by Gasteiger charge is -2.07. The van der Waals surface area contributed by atoms with Crippen molar-refractivity contribution in [1.82, 2.24) is 10.3 Å². The molecule has 0 atom stereocenters. The average Bonchev–Trinajstić information content (AvgIpc) is 2.90.